The summed E-state index contributed by atoms with van der Waals surface area (Å²) < 4.78 is 0. The smallest absolute Gasteiger partial charge is 0.258 e. The lowest BCUT2D eigenvalue weighted by Gasteiger charge is -2.03. The van der Waals surface area contributed by atoms with E-state index in [1.165, 1.54) is 23.5 Å². The largest absolute Gasteiger partial charge is 0.270 e. The Morgan fingerprint density at radius 1 is 1.32 bits per heavy atom. The van der Waals surface area contributed by atoms with E-state index in [9.17, 15) is 10.1 Å². The second-order valence-electron chi connectivity index (χ2n) is 3.81. The van der Waals surface area contributed by atoms with E-state index in [0.29, 0.717) is 21.6 Å². The molecule has 0 radical (unpaired) electrons. The van der Waals surface area contributed by atoms with Gasteiger partial charge in [0.15, 0.2) is 0 Å². The summed E-state index contributed by atoms with van der Waals surface area (Å²) in [5.74, 6) is 0. The van der Waals surface area contributed by atoms with Gasteiger partial charge >= 0.3 is 0 Å². The number of aromatic nitrogens is 2. The van der Waals surface area contributed by atoms with Crippen LogP contribution < -0.4 is 0 Å². The van der Waals surface area contributed by atoms with Crippen LogP contribution in [-0.2, 0) is 0 Å². The van der Waals surface area contributed by atoms with Crippen molar-refractivity contribution in [3.8, 4) is 10.6 Å². The summed E-state index contributed by atoms with van der Waals surface area (Å²) in [6, 6.07) is 6.15. The van der Waals surface area contributed by atoms with Gasteiger partial charge in [-0.1, -0.05) is 11.6 Å². The third kappa shape index (κ3) is 2.16. The molecule has 94 valence electrons. The van der Waals surface area contributed by atoms with E-state index in [2.05, 4.69) is 9.97 Å². The fourth-order valence-corrected chi connectivity index (χ4v) is 2.59. The summed E-state index contributed by atoms with van der Waals surface area (Å²) in [5.41, 5.74) is 3.06. The molecule has 7 heteroatoms. The fourth-order valence-electron chi connectivity index (χ4n) is 1.75. The number of thiazole rings is 1. The molecule has 5 nitrogen and oxygen atoms in total. The number of halogens is 1. The van der Waals surface area contributed by atoms with Gasteiger partial charge in [-0.3, -0.25) is 15.1 Å². The van der Waals surface area contributed by atoms with Crippen molar-refractivity contribution in [2.75, 3.05) is 0 Å². The summed E-state index contributed by atoms with van der Waals surface area (Å²) in [6.07, 6.45) is 1.71. The summed E-state index contributed by atoms with van der Waals surface area (Å²) in [6.45, 7) is 0. The van der Waals surface area contributed by atoms with Gasteiger partial charge < -0.3 is 0 Å². The summed E-state index contributed by atoms with van der Waals surface area (Å²) >= 11 is 7.64. The van der Waals surface area contributed by atoms with Crippen molar-refractivity contribution in [1.29, 1.82) is 0 Å². The van der Waals surface area contributed by atoms with E-state index in [1.807, 2.05) is 0 Å². The second-order valence-corrected chi connectivity index (χ2v) is 5.11. The lowest BCUT2D eigenvalue weighted by Crippen LogP contribution is -1.90. The van der Waals surface area contributed by atoms with Gasteiger partial charge in [-0.25, -0.2) is 4.98 Å². The Kier molecular flexibility index (Phi) is 2.88. The lowest BCUT2D eigenvalue weighted by molar-refractivity contribution is -0.384. The topological polar surface area (TPSA) is 68.9 Å². The molecular weight excluding hydrogens is 286 g/mol. The molecule has 19 heavy (non-hydrogen) atoms. The molecule has 0 saturated carbocycles. The van der Waals surface area contributed by atoms with Crippen LogP contribution in [0.1, 0.15) is 0 Å². The van der Waals surface area contributed by atoms with E-state index < -0.39 is 4.92 Å². The Morgan fingerprint density at radius 3 is 2.84 bits per heavy atom. The molecule has 3 aromatic rings. The van der Waals surface area contributed by atoms with E-state index in [-0.39, 0.29) is 5.69 Å². The van der Waals surface area contributed by atoms with Crippen LogP contribution in [-0.4, -0.2) is 14.9 Å². The fraction of sp³-hybridized carbons (Fsp3) is 0. The van der Waals surface area contributed by atoms with Gasteiger partial charge in [0.1, 0.15) is 0 Å². The minimum absolute atomic E-state index is 0.00161. The van der Waals surface area contributed by atoms with Gasteiger partial charge in [0.2, 0.25) is 0 Å². The summed E-state index contributed by atoms with van der Waals surface area (Å²) in [4.78, 5) is 19.6. The maximum atomic E-state index is 10.7. The third-order valence-corrected chi connectivity index (χ3v) is 3.75. The molecule has 3 rings (SSSR count). The van der Waals surface area contributed by atoms with Crippen LogP contribution in [0, 0.1) is 10.1 Å². The number of benzene rings is 1. The Bertz CT molecular complexity index is 774. The van der Waals surface area contributed by atoms with E-state index in [1.54, 1.807) is 23.8 Å². The molecule has 2 aromatic heterocycles. The summed E-state index contributed by atoms with van der Waals surface area (Å²) in [5, 5.41) is 11.8. The predicted octanol–water partition coefficient (Wildman–Crippen LogP) is 3.92. The van der Waals surface area contributed by atoms with Crippen molar-refractivity contribution < 1.29 is 4.92 Å². The van der Waals surface area contributed by atoms with Crippen LogP contribution in [0.25, 0.3) is 21.5 Å². The van der Waals surface area contributed by atoms with Crippen molar-refractivity contribution in [2.24, 2.45) is 0 Å². The Balaban J connectivity index is 2.22. The maximum absolute atomic E-state index is 10.7. The lowest BCUT2D eigenvalue weighted by atomic mass is 10.1. The minimum Gasteiger partial charge on any atom is -0.258 e. The molecule has 0 aliphatic carbocycles. The van der Waals surface area contributed by atoms with E-state index in [0.717, 1.165) is 4.88 Å². The minimum atomic E-state index is -0.452. The van der Waals surface area contributed by atoms with E-state index in [4.69, 9.17) is 11.6 Å². The van der Waals surface area contributed by atoms with Crippen molar-refractivity contribution in [3.05, 3.63) is 51.1 Å². The average molecular weight is 292 g/mol. The SMILES string of the molecule is O=[N+]([O-])c1ccc2nc(-c3cncs3)cc(Cl)c2c1. The Morgan fingerprint density at radius 2 is 2.16 bits per heavy atom. The first-order valence-corrected chi connectivity index (χ1v) is 6.54. The summed E-state index contributed by atoms with van der Waals surface area (Å²) in [7, 11) is 0. The number of rotatable bonds is 2. The highest BCUT2D eigenvalue weighted by atomic mass is 35.5. The number of hydrogen-bond donors (Lipinski definition) is 0. The van der Waals surface area contributed by atoms with Crippen LogP contribution in [0.5, 0.6) is 0 Å². The number of nitro benzene ring substituents is 1. The van der Waals surface area contributed by atoms with Crippen LogP contribution in [0.3, 0.4) is 0 Å². The second kappa shape index (κ2) is 4.56. The number of nitrogens with zero attached hydrogens (tertiary/aromatic N) is 3. The molecule has 0 saturated heterocycles. The highest BCUT2D eigenvalue weighted by Gasteiger charge is 2.11. The molecule has 0 spiro atoms. The van der Waals surface area contributed by atoms with Crippen LogP contribution in [0.2, 0.25) is 5.02 Å². The third-order valence-electron chi connectivity index (χ3n) is 2.64. The first-order chi connectivity index (χ1) is 9.15. The zero-order chi connectivity index (χ0) is 13.4. The van der Waals surface area contributed by atoms with Gasteiger partial charge in [0.25, 0.3) is 5.69 Å². The highest BCUT2D eigenvalue weighted by Crippen LogP contribution is 2.31. The predicted molar refractivity (Wildman–Crippen MR) is 74.5 cm³/mol. The normalized spacial score (nSPS) is 10.8. The van der Waals surface area contributed by atoms with Gasteiger partial charge in [-0.05, 0) is 12.1 Å². The molecule has 1 aromatic carbocycles. The van der Waals surface area contributed by atoms with Crippen molar-refractivity contribution in [2.45, 2.75) is 0 Å². The standard InChI is InChI=1S/C12H6ClN3O2S/c13-9-4-11(12-5-14-6-19-12)15-10-2-1-7(16(17)18)3-8(9)10/h1-6H. The maximum Gasteiger partial charge on any atom is 0.270 e. The number of fused-ring (bicyclic) bond motifs is 1. The first kappa shape index (κ1) is 12.0. The van der Waals surface area contributed by atoms with Gasteiger partial charge in [0.05, 0.1) is 31.5 Å². The van der Waals surface area contributed by atoms with Crippen LogP contribution >= 0.6 is 22.9 Å². The number of hydrogen-bond acceptors (Lipinski definition) is 5. The van der Waals surface area contributed by atoms with Gasteiger partial charge in [0, 0.05) is 23.7 Å². The zero-order valence-electron chi connectivity index (χ0n) is 9.41. The number of non-ortho nitro benzene ring substituents is 1. The molecule has 0 bridgehead atoms. The number of pyridine rings is 1. The molecule has 0 fully saturated rings. The molecule has 0 atom stereocenters. The van der Waals surface area contributed by atoms with Crippen molar-refractivity contribution >= 4 is 39.5 Å². The van der Waals surface area contributed by atoms with Crippen molar-refractivity contribution in [1.82, 2.24) is 9.97 Å². The molecular formula is C12H6ClN3O2S. The first-order valence-electron chi connectivity index (χ1n) is 5.29. The van der Waals surface area contributed by atoms with Gasteiger partial charge in [-0.2, -0.15) is 0 Å². The van der Waals surface area contributed by atoms with Crippen LogP contribution in [0.4, 0.5) is 5.69 Å². The van der Waals surface area contributed by atoms with E-state index >= 15 is 0 Å². The molecule has 0 aliphatic rings. The average Bonchev–Trinajstić information content (AvgIpc) is 2.92. The zero-order valence-corrected chi connectivity index (χ0v) is 11.0. The highest BCUT2D eigenvalue weighted by molar-refractivity contribution is 7.13. The molecule has 0 unspecified atom stereocenters. The van der Waals surface area contributed by atoms with Crippen LogP contribution in [0.15, 0.2) is 36.0 Å². The monoisotopic (exact) mass is 291 g/mol. The molecule has 0 N–H and O–H groups in total. The quantitative estimate of drug-likeness (QED) is 0.530. The molecule has 2 heterocycles. The Labute approximate surface area is 116 Å². The Hall–Kier alpha value is -2.05. The van der Waals surface area contributed by atoms with Crippen molar-refractivity contribution in [3.63, 3.8) is 0 Å². The molecule has 0 amide bonds. The number of nitro groups is 1. The van der Waals surface area contributed by atoms with Gasteiger partial charge in [-0.15, -0.1) is 11.3 Å². The molecule has 0 aliphatic heterocycles.